The van der Waals surface area contributed by atoms with Gasteiger partial charge in [0.2, 0.25) is 5.91 Å². The lowest BCUT2D eigenvalue weighted by atomic mass is 9.96. The van der Waals surface area contributed by atoms with Crippen LogP contribution in [-0.4, -0.2) is 47.8 Å². The first-order chi connectivity index (χ1) is 12.7. The number of para-hydroxylation sites is 1. The number of benzene rings is 1. The maximum Gasteiger partial charge on any atom is 0.257 e. The van der Waals surface area contributed by atoms with E-state index in [1.54, 1.807) is 0 Å². The molecule has 1 N–H and O–H groups in total. The monoisotopic (exact) mass is 376 g/mol. The number of nitrogens with one attached hydrogen (secondary N) is 1. The maximum atomic E-state index is 13.2. The summed E-state index contributed by atoms with van der Waals surface area (Å²) in [6, 6.07) is 7.50. The average molecular weight is 377 g/mol. The van der Waals surface area contributed by atoms with Crippen LogP contribution in [0.1, 0.15) is 42.5 Å². The summed E-state index contributed by atoms with van der Waals surface area (Å²) in [6.07, 6.45) is 5.91. The Hall–Kier alpha value is -1.75. The van der Waals surface area contributed by atoms with Gasteiger partial charge >= 0.3 is 0 Å². The fourth-order valence-corrected chi connectivity index (χ4v) is 4.06. The number of halogens is 1. The van der Waals surface area contributed by atoms with Crippen molar-refractivity contribution in [3.8, 4) is 5.75 Å². The largest absolute Gasteiger partial charge is 0.490 e. The van der Waals surface area contributed by atoms with E-state index >= 15 is 0 Å². The quantitative estimate of drug-likeness (QED) is 0.777. The second-order valence-corrected chi connectivity index (χ2v) is 7.95. The Bertz CT molecular complexity index is 687. The Morgan fingerprint density at radius 2 is 1.92 bits per heavy atom. The van der Waals surface area contributed by atoms with Crippen molar-refractivity contribution in [2.24, 2.45) is 11.8 Å². The molecule has 2 saturated carbocycles. The lowest BCUT2D eigenvalue weighted by molar-refractivity contribution is -0.119. The number of alkyl halides is 1. The molecule has 2 amide bonds. The summed E-state index contributed by atoms with van der Waals surface area (Å²) in [7, 11) is 0. The van der Waals surface area contributed by atoms with Crippen molar-refractivity contribution in [3.05, 3.63) is 29.8 Å². The molecule has 0 unspecified atom stereocenters. The third kappa shape index (κ3) is 3.68. The first-order valence-corrected chi connectivity index (χ1v) is 10.1. The molecule has 2 atom stereocenters. The third-order valence-electron chi connectivity index (χ3n) is 5.81. The molecular weight excluding hydrogens is 352 g/mol. The van der Waals surface area contributed by atoms with Gasteiger partial charge in [0, 0.05) is 19.0 Å². The third-order valence-corrected chi connectivity index (χ3v) is 6.05. The lowest BCUT2D eigenvalue weighted by Crippen LogP contribution is -2.42. The van der Waals surface area contributed by atoms with Gasteiger partial charge in [0.05, 0.1) is 17.7 Å². The van der Waals surface area contributed by atoms with Gasteiger partial charge in [0.25, 0.3) is 5.91 Å². The zero-order chi connectivity index (χ0) is 18.1. The Labute approximate surface area is 159 Å². The Kier molecular flexibility index (Phi) is 5.07. The highest BCUT2D eigenvalue weighted by Crippen LogP contribution is 2.42. The number of hydrogen-bond acceptors (Lipinski definition) is 3. The standard InChI is InChI=1S/C20H25ClN2O3/c21-10-19(24)22-17-12-23(11-16(17)13-8-9-13)20(25)15-6-1-2-7-18(15)26-14-4-3-5-14/h1-2,6-7,13-14,16-17H,3-5,8-12H2,(H,22,24)/t16-,17+/m0/s1. The van der Waals surface area contributed by atoms with E-state index in [1.165, 1.54) is 19.3 Å². The normalized spacial score (nSPS) is 25.7. The molecule has 1 heterocycles. The van der Waals surface area contributed by atoms with Gasteiger partial charge < -0.3 is 15.0 Å². The van der Waals surface area contributed by atoms with Gasteiger partial charge in [0.1, 0.15) is 11.6 Å². The Balaban J connectivity index is 1.48. The molecule has 26 heavy (non-hydrogen) atoms. The van der Waals surface area contributed by atoms with E-state index < -0.39 is 0 Å². The smallest absolute Gasteiger partial charge is 0.257 e. The van der Waals surface area contributed by atoms with Crippen LogP contribution in [0.15, 0.2) is 24.3 Å². The van der Waals surface area contributed by atoms with Gasteiger partial charge in [0.15, 0.2) is 0 Å². The molecule has 3 fully saturated rings. The van der Waals surface area contributed by atoms with Crippen LogP contribution in [0.3, 0.4) is 0 Å². The first-order valence-electron chi connectivity index (χ1n) is 9.56. The van der Waals surface area contributed by atoms with Crippen molar-refractivity contribution in [1.82, 2.24) is 10.2 Å². The van der Waals surface area contributed by atoms with Crippen LogP contribution in [0.25, 0.3) is 0 Å². The fraction of sp³-hybridized carbons (Fsp3) is 0.600. The number of nitrogens with zero attached hydrogens (tertiary/aromatic N) is 1. The molecule has 2 aliphatic carbocycles. The lowest BCUT2D eigenvalue weighted by Gasteiger charge is -2.28. The van der Waals surface area contributed by atoms with Crippen LogP contribution in [0.4, 0.5) is 0 Å². The van der Waals surface area contributed by atoms with E-state index in [0.717, 1.165) is 12.8 Å². The molecule has 0 bridgehead atoms. The van der Waals surface area contributed by atoms with Crippen LogP contribution >= 0.6 is 11.6 Å². The molecule has 6 heteroatoms. The topological polar surface area (TPSA) is 58.6 Å². The van der Waals surface area contributed by atoms with Gasteiger partial charge in [-0.3, -0.25) is 9.59 Å². The summed E-state index contributed by atoms with van der Waals surface area (Å²) in [6.45, 7) is 1.23. The number of amides is 2. The number of ether oxygens (including phenoxy) is 1. The van der Waals surface area contributed by atoms with Crippen molar-refractivity contribution >= 4 is 23.4 Å². The van der Waals surface area contributed by atoms with Crippen LogP contribution in [0, 0.1) is 11.8 Å². The summed E-state index contributed by atoms with van der Waals surface area (Å²) in [4.78, 5) is 26.8. The predicted molar refractivity (Wildman–Crippen MR) is 99.5 cm³/mol. The molecule has 5 nitrogen and oxygen atoms in total. The summed E-state index contributed by atoms with van der Waals surface area (Å²) in [5.74, 6) is 1.40. The molecule has 1 aromatic carbocycles. The Morgan fingerprint density at radius 3 is 2.58 bits per heavy atom. The molecule has 140 valence electrons. The first kappa shape index (κ1) is 17.7. The van der Waals surface area contributed by atoms with Crippen molar-refractivity contribution in [3.63, 3.8) is 0 Å². The molecule has 4 rings (SSSR count). The van der Waals surface area contributed by atoms with Crippen molar-refractivity contribution < 1.29 is 14.3 Å². The van der Waals surface area contributed by atoms with Crippen LogP contribution in [0.2, 0.25) is 0 Å². The molecular formula is C20H25ClN2O3. The number of likely N-dealkylation sites (tertiary alicyclic amines) is 1. The van der Waals surface area contributed by atoms with Crippen molar-refractivity contribution in [2.75, 3.05) is 19.0 Å². The SMILES string of the molecule is O=C(CCl)N[C@@H]1CN(C(=O)c2ccccc2OC2CCC2)C[C@H]1C1CC1. The van der Waals surface area contributed by atoms with Crippen LogP contribution < -0.4 is 10.1 Å². The molecule has 0 spiro atoms. The van der Waals surface area contributed by atoms with Crippen LogP contribution in [0.5, 0.6) is 5.75 Å². The Morgan fingerprint density at radius 1 is 1.15 bits per heavy atom. The second-order valence-electron chi connectivity index (χ2n) is 7.69. The minimum Gasteiger partial charge on any atom is -0.490 e. The highest BCUT2D eigenvalue weighted by Gasteiger charge is 2.44. The van der Waals surface area contributed by atoms with E-state index in [-0.39, 0.29) is 29.8 Å². The zero-order valence-corrected chi connectivity index (χ0v) is 15.6. The van der Waals surface area contributed by atoms with Gasteiger partial charge in [-0.25, -0.2) is 0 Å². The highest BCUT2D eigenvalue weighted by molar-refractivity contribution is 6.27. The minimum absolute atomic E-state index is 0.00240. The summed E-state index contributed by atoms with van der Waals surface area (Å²) >= 11 is 5.65. The maximum absolute atomic E-state index is 13.2. The number of carbonyl (C=O) groups excluding carboxylic acids is 2. The summed E-state index contributed by atoms with van der Waals surface area (Å²) in [5.41, 5.74) is 0.623. The molecule has 3 aliphatic rings. The number of hydrogen-bond donors (Lipinski definition) is 1. The average Bonchev–Trinajstić information content (AvgIpc) is 3.38. The zero-order valence-electron chi connectivity index (χ0n) is 14.8. The van der Waals surface area contributed by atoms with Gasteiger partial charge in [-0.15, -0.1) is 11.6 Å². The number of carbonyl (C=O) groups is 2. The van der Waals surface area contributed by atoms with E-state index in [4.69, 9.17) is 16.3 Å². The molecule has 1 aliphatic heterocycles. The summed E-state index contributed by atoms with van der Waals surface area (Å²) < 4.78 is 6.02. The van der Waals surface area contributed by atoms with E-state index in [2.05, 4.69) is 5.32 Å². The fourth-order valence-electron chi connectivity index (χ4n) is 3.98. The predicted octanol–water partition coefficient (Wildman–Crippen LogP) is 2.82. The van der Waals surface area contributed by atoms with Crippen LogP contribution in [-0.2, 0) is 4.79 Å². The summed E-state index contributed by atoms with van der Waals surface area (Å²) in [5, 5.41) is 3.01. The van der Waals surface area contributed by atoms with E-state index in [0.29, 0.717) is 36.2 Å². The highest BCUT2D eigenvalue weighted by atomic mass is 35.5. The van der Waals surface area contributed by atoms with Crippen molar-refractivity contribution in [1.29, 1.82) is 0 Å². The van der Waals surface area contributed by atoms with Crippen molar-refractivity contribution in [2.45, 2.75) is 44.2 Å². The number of rotatable bonds is 6. The molecule has 0 radical (unpaired) electrons. The second kappa shape index (κ2) is 7.47. The van der Waals surface area contributed by atoms with E-state index in [1.807, 2.05) is 29.2 Å². The molecule has 0 aromatic heterocycles. The minimum atomic E-state index is -0.162. The van der Waals surface area contributed by atoms with Gasteiger partial charge in [-0.2, -0.15) is 0 Å². The molecule has 1 aromatic rings. The van der Waals surface area contributed by atoms with Gasteiger partial charge in [-0.1, -0.05) is 12.1 Å². The molecule has 1 saturated heterocycles. The van der Waals surface area contributed by atoms with E-state index in [9.17, 15) is 9.59 Å². The van der Waals surface area contributed by atoms with Gasteiger partial charge in [-0.05, 0) is 50.2 Å².